The van der Waals surface area contributed by atoms with Gasteiger partial charge in [-0.15, -0.1) is 0 Å². The van der Waals surface area contributed by atoms with Crippen molar-refractivity contribution in [1.29, 1.82) is 0 Å². The van der Waals surface area contributed by atoms with Crippen LogP contribution >= 0.6 is 0 Å². The van der Waals surface area contributed by atoms with Gasteiger partial charge in [0.1, 0.15) is 6.04 Å². The van der Waals surface area contributed by atoms with Crippen LogP contribution in [0.3, 0.4) is 0 Å². The number of hydrogen-bond donors (Lipinski definition) is 1. The first-order valence-corrected chi connectivity index (χ1v) is 7.99. The van der Waals surface area contributed by atoms with Crippen molar-refractivity contribution >= 4 is 21.7 Å². The van der Waals surface area contributed by atoms with Crippen molar-refractivity contribution < 1.29 is 23.1 Å². The lowest BCUT2D eigenvalue weighted by Crippen LogP contribution is -2.44. The monoisotopic (exact) mass is 299 g/mol. The van der Waals surface area contributed by atoms with Gasteiger partial charge in [0.2, 0.25) is 10.0 Å². The summed E-state index contributed by atoms with van der Waals surface area (Å²) in [6, 6.07) is 5.79. The second-order valence-corrected chi connectivity index (χ2v) is 6.46. The lowest BCUT2D eigenvalue weighted by Gasteiger charge is -2.24. The normalized spacial score (nSPS) is 18.1. The Labute approximate surface area is 118 Å². The lowest BCUT2D eigenvalue weighted by atomic mass is 10.1. The molecule has 0 bridgehead atoms. The molecule has 0 spiro atoms. The van der Waals surface area contributed by atoms with E-state index in [1.54, 1.807) is 31.2 Å². The zero-order chi connectivity index (χ0) is 14.8. The predicted molar refractivity (Wildman–Crippen MR) is 74.3 cm³/mol. The molecule has 1 atom stereocenters. The summed E-state index contributed by atoms with van der Waals surface area (Å²) >= 11 is 0. The Morgan fingerprint density at radius 3 is 2.80 bits per heavy atom. The van der Waals surface area contributed by atoms with E-state index in [4.69, 9.17) is 4.74 Å². The molecule has 0 saturated carbocycles. The number of carboxylic acid groups (broad SMARTS) is 1. The number of para-hydroxylation sites is 1. The maximum absolute atomic E-state index is 12.4. The lowest BCUT2D eigenvalue weighted by molar-refractivity contribution is -0.138. The first-order valence-electron chi connectivity index (χ1n) is 6.38. The van der Waals surface area contributed by atoms with E-state index < -0.39 is 22.0 Å². The first-order chi connectivity index (χ1) is 9.47. The number of nitrogens with zero attached hydrogens (tertiary/aromatic N) is 1. The molecule has 7 heteroatoms. The highest BCUT2D eigenvalue weighted by Gasteiger charge is 2.41. The number of benzene rings is 1. The summed E-state index contributed by atoms with van der Waals surface area (Å²) in [6.07, 6.45) is 0.194. The van der Waals surface area contributed by atoms with Crippen molar-refractivity contribution in [1.82, 2.24) is 0 Å². The number of aliphatic carboxylic acids is 1. The van der Waals surface area contributed by atoms with Crippen molar-refractivity contribution in [3.05, 3.63) is 29.8 Å². The number of rotatable bonds is 6. The van der Waals surface area contributed by atoms with E-state index in [-0.39, 0.29) is 18.8 Å². The molecule has 0 aliphatic carbocycles. The summed E-state index contributed by atoms with van der Waals surface area (Å²) in [4.78, 5) is 11.3. The average Bonchev–Trinajstić information content (AvgIpc) is 2.79. The summed E-state index contributed by atoms with van der Waals surface area (Å²) < 4.78 is 30.8. The third kappa shape index (κ3) is 2.78. The Morgan fingerprint density at radius 2 is 2.15 bits per heavy atom. The highest BCUT2D eigenvalue weighted by atomic mass is 32.2. The molecule has 20 heavy (non-hydrogen) atoms. The van der Waals surface area contributed by atoms with Gasteiger partial charge < -0.3 is 9.84 Å². The van der Waals surface area contributed by atoms with Crippen LogP contribution in [-0.4, -0.2) is 44.5 Å². The fraction of sp³-hybridized carbons (Fsp3) is 0.462. The second kappa shape index (κ2) is 5.80. The van der Waals surface area contributed by atoms with Gasteiger partial charge in [0.25, 0.3) is 0 Å². The minimum Gasteiger partial charge on any atom is -0.480 e. The highest BCUT2D eigenvalue weighted by molar-refractivity contribution is 7.92. The molecule has 2 rings (SSSR count). The molecule has 1 N–H and O–H groups in total. The fourth-order valence-corrected chi connectivity index (χ4v) is 3.85. The first kappa shape index (κ1) is 14.8. The summed E-state index contributed by atoms with van der Waals surface area (Å²) in [5.41, 5.74) is 1.19. The Hall–Kier alpha value is -1.60. The Balaban J connectivity index is 2.33. The quantitative estimate of drug-likeness (QED) is 0.788. The van der Waals surface area contributed by atoms with E-state index in [0.717, 1.165) is 9.87 Å². The zero-order valence-corrected chi connectivity index (χ0v) is 12.0. The molecule has 1 aliphatic heterocycles. The average molecular weight is 299 g/mol. The predicted octanol–water partition coefficient (Wildman–Crippen LogP) is 0.869. The molecule has 0 aromatic heterocycles. The maximum atomic E-state index is 12.4. The minimum absolute atomic E-state index is 0.0594. The molecule has 0 radical (unpaired) electrons. The molecule has 1 heterocycles. The fourth-order valence-electron chi connectivity index (χ4n) is 2.30. The van der Waals surface area contributed by atoms with Gasteiger partial charge in [0, 0.05) is 13.0 Å². The molecular formula is C13H17NO5S. The van der Waals surface area contributed by atoms with Crippen molar-refractivity contribution in [3.63, 3.8) is 0 Å². The summed E-state index contributed by atoms with van der Waals surface area (Å²) in [6.45, 7) is 2.26. The van der Waals surface area contributed by atoms with Crippen LogP contribution in [0.25, 0.3) is 0 Å². The van der Waals surface area contributed by atoms with Gasteiger partial charge in [0.15, 0.2) is 0 Å². The number of ether oxygens (including phenoxy) is 1. The van der Waals surface area contributed by atoms with Crippen LogP contribution in [0.15, 0.2) is 24.3 Å². The van der Waals surface area contributed by atoms with Gasteiger partial charge >= 0.3 is 5.97 Å². The summed E-state index contributed by atoms with van der Waals surface area (Å²) in [7, 11) is -3.71. The number of sulfonamides is 1. The Morgan fingerprint density at radius 1 is 1.45 bits per heavy atom. The molecular weight excluding hydrogens is 282 g/mol. The molecule has 1 aromatic carbocycles. The zero-order valence-electron chi connectivity index (χ0n) is 11.2. The number of anilines is 1. The van der Waals surface area contributed by atoms with Gasteiger partial charge in [0.05, 0.1) is 18.0 Å². The molecule has 1 aromatic rings. The van der Waals surface area contributed by atoms with E-state index in [9.17, 15) is 18.3 Å². The van der Waals surface area contributed by atoms with Gasteiger partial charge in [-0.1, -0.05) is 18.2 Å². The number of hydrogen-bond acceptors (Lipinski definition) is 4. The van der Waals surface area contributed by atoms with Gasteiger partial charge in [-0.3, -0.25) is 4.31 Å². The van der Waals surface area contributed by atoms with Gasteiger partial charge in [-0.25, -0.2) is 13.2 Å². The van der Waals surface area contributed by atoms with Crippen molar-refractivity contribution in [2.24, 2.45) is 0 Å². The van der Waals surface area contributed by atoms with Crippen LogP contribution < -0.4 is 4.31 Å². The number of carboxylic acids is 1. The van der Waals surface area contributed by atoms with Crippen LogP contribution in [-0.2, 0) is 26.0 Å². The third-order valence-corrected chi connectivity index (χ3v) is 4.93. The molecule has 0 amide bonds. The molecule has 1 aliphatic rings. The van der Waals surface area contributed by atoms with E-state index in [1.165, 1.54) is 0 Å². The minimum atomic E-state index is -3.71. The van der Waals surface area contributed by atoms with Crippen molar-refractivity contribution in [3.8, 4) is 0 Å². The van der Waals surface area contributed by atoms with Gasteiger partial charge in [-0.2, -0.15) is 0 Å². The van der Waals surface area contributed by atoms with Crippen LogP contribution in [0.2, 0.25) is 0 Å². The van der Waals surface area contributed by atoms with Crippen molar-refractivity contribution in [2.75, 3.05) is 23.3 Å². The number of fused-ring (bicyclic) bond motifs is 1. The van der Waals surface area contributed by atoms with E-state index in [0.29, 0.717) is 12.3 Å². The third-order valence-electron chi connectivity index (χ3n) is 3.20. The largest absolute Gasteiger partial charge is 0.480 e. The maximum Gasteiger partial charge on any atom is 0.327 e. The van der Waals surface area contributed by atoms with E-state index in [2.05, 4.69) is 0 Å². The standard InChI is InChI=1S/C13H17NO5S/c1-2-19-7-8-20(17,18)14-11-6-4-3-5-10(11)9-12(14)13(15)16/h3-6,12H,2,7-9H2,1H3,(H,15,16)/t12-/m0/s1. The van der Waals surface area contributed by atoms with Crippen LogP contribution in [0.4, 0.5) is 5.69 Å². The molecule has 0 unspecified atom stereocenters. The van der Waals surface area contributed by atoms with Crippen LogP contribution in [0.5, 0.6) is 0 Å². The van der Waals surface area contributed by atoms with E-state index in [1.807, 2.05) is 0 Å². The number of carbonyl (C=O) groups is 1. The van der Waals surface area contributed by atoms with Crippen molar-refractivity contribution in [2.45, 2.75) is 19.4 Å². The second-order valence-electron chi connectivity index (χ2n) is 4.50. The van der Waals surface area contributed by atoms with E-state index >= 15 is 0 Å². The van der Waals surface area contributed by atoms with Crippen LogP contribution in [0.1, 0.15) is 12.5 Å². The smallest absolute Gasteiger partial charge is 0.327 e. The molecule has 6 nitrogen and oxygen atoms in total. The Kier molecular flexibility index (Phi) is 4.29. The summed E-state index contributed by atoms with van der Waals surface area (Å²) in [5, 5.41) is 9.25. The van der Waals surface area contributed by atoms with Crippen LogP contribution in [0, 0.1) is 0 Å². The Bertz CT molecular complexity index is 599. The SMILES string of the molecule is CCOCCS(=O)(=O)N1c2ccccc2C[C@H]1C(=O)O. The molecule has 0 saturated heterocycles. The molecule has 110 valence electrons. The summed E-state index contributed by atoms with van der Waals surface area (Å²) in [5.74, 6) is -1.36. The highest BCUT2D eigenvalue weighted by Crippen LogP contribution is 2.34. The van der Waals surface area contributed by atoms with Gasteiger partial charge in [-0.05, 0) is 18.6 Å². The molecule has 0 fully saturated rings. The topological polar surface area (TPSA) is 83.9 Å².